The van der Waals surface area contributed by atoms with Gasteiger partial charge in [0.05, 0.1) is 17.4 Å². The van der Waals surface area contributed by atoms with Crippen LogP contribution in [0.4, 0.5) is 0 Å². The van der Waals surface area contributed by atoms with Crippen LogP contribution in [0.5, 0.6) is 11.5 Å². The predicted molar refractivity (Wildman–Crippen MR) is 163 cm³/mol. The van der Waals surface area contributed by atoms with E-state index in [0.717, 1.165) is 35.1 Å². The Labute approximate surface area is 231 Å². The molecular weight excluding hydrogens is 476 g/mol. The van der Waals surface area contributed by atoms with Gasteiger partial charge >= 0.3 is 0 Å². The zero-order valence-corrected chi connectivity index (χ0v) is 24.4. The molecule has 0 fully saturated rings. The molecule has 0 radical (unpaired) electrons. The van der Waals surface area contributed by atoms with E-state index in [1.165, 1.54) is 55.1 Å². The minimum Gasteiger partial charge on any atom is -0.455 e. The van der Waals surface area contributed by atoms with Crippen LogP contribution in [0.3, 0.4) is 0 Å². The van der Waals surface area contributed by atoms with E-state index in [9.17, 15) is 0 Å². The number of nitrogens with zero attached hydrogens (tertiary/aromatic N) is 2. The van der Waals surface area contributed by atoms with E-state index < -0.39 is 5.54 Å². The van der Waals surface area contributed by atoms with Gasteiger partial charge in [0.25, 0.3) is 0 Å². The zero-order chi connectivity index (χ0) is 27.9. The van der Waals surface area contributed by atoms with Crippen molar-refractivity contribution in [3.63, 3.8) is 0 Å². The van der Waals surface area contributed by atoms with Gasteiger partial charge in [0.2, 0.25) is 11.2 Å². The Morgan fingerprint density at radius 2 is 1.49 bits per heavy atom. The third kappa shape index (κ3) is 4.14. The quantitative estimate of drug-likeness (QED) is 0.131. The fourth-order valence-corrected chi connectivity index (χ4v) is 6.42. The lowest BCUT2D eigenvalue weighted by atomic mass is 9.84. The van der Waals surface area contributed by atoms with Crippen molar-refractivity contribution in [2.75, 3.05) is 0 Å². The first-order valence-corrected chi connectivity index (χ1v) is 13.9. The second-order valence-corrected chi connectivity index (χ2v) is 13.3. The molecule has 1 aliphatic rings. The molecule has 3 nitrogen and oxygen atoms in total. The Morgan fingerprint density at radius 3 is 2.21 bits per heavy atom. The lowest BCUT2D eigenvalue weighted by Gasteiger charge is -2.25. The first-order chi connectivity index (χ1) is 18.4. The lowest BCUT2D eigenvalue weighted by molar-refractivity contribution is -0.659. The van der Waals surface area contributed by atoms with Gasteiger partial charge in [-0.2, -0.15) is 0 Å². The number of aromatic nitrogens is 1. The van der Waals surface area contributed by atoms with E-state index in [0.29, 0.717) is 0 Å². The van der Waals surface area contributed by atoms with E-state index in [1.807, 2.05) is 13.8 Å². The van der Waals surface area contributed by atoms with E-state index in [4.69, 9.17) is 11.3 Å². The van der Waals surface area contributed by atoms with Gasteiger partial charge in [-0.05, 0) is 70.0 Å². The summed E-state index contributed by atoms with van der Waals surface area (Å²) in [6, 6.07) is 18.0. The molecule has 3 heteroatoms. The van der Waals surface area contributed by atoms with Crippen LogP contribution < -0.4 is 9.30 Å². The molecule has 0 spiro atoms. The van der Waals surface area contributed by atoms with Gasteiger partial charge in [-0.25, -0.2) is 11.1 Å². The van der Waals surface area contributed by atoms with Crippen LogP contribution in [0, 0.1) is 25.8 Å². The van der Waals surface area contributed by atoms with Gasteiger partial charge in [0, 0.05) is 30.9 Å². The molecule has 39 heavy (non-hydrogen) atoms. The molecule has 4 aromatic carbocycles. The van der Waals surface area contributed by atoms with Crippen molar-refractivity contribution in [1.29, 1.82) is 0 Å². The summed E-state index contributed by atoms with van der Waals surface area (Å²) in [5.41, 5.74) is 7.23. The first-order valence-electron chi connectivity index (χ1n) is 13.9. The smallest absolute Gasteiger partial charge is 0.231 e. The van der Waals surface area contributed by atoms with Crippen LogP contribution in [0.1, 0.15) is 56.9 Å². The Balaban J connectivity index is 1.64. The van der Waals surface area contributed by atoms with Crippen LogP contribution in [-0.2, 0) is 19.9 Å². The van der Waals surface area contributed by atoms with Crippen molar-refractivity contribution in [2.24, 2.45) is 12.5 Å². The third-order valence-electron chi connectivity index (χ3n) is 8.22. The molecule has 196 valence electrons. The highest BCUT2D eigenvalue weighted by Gasteiger charge is 2.33. The molecule has 0 aliphatic carbocycles. The summed E-state index contributed by atoms with van der Waals surface area (Å²) in [5, 5.41) is 7.30. The van der Waals surface area contributed by atoms with Crippen molar-refractivity contribution < 1.29 is 9.30 Å². The van der Waals surface area contributed by atoms with Crippen molar-refractivity contribution in [1.82, 2.24) is 0 Å². The highest BCUT2D eigenvalue weighted by Crippen LogP contribution is 2.51. The molecule has 1 aliphatic heterocycles. The lowest BCUT2D eigenvalue weighted by Crippen LogP contribution is -2.32. The van der Waals surface area contributed by atoms with E-state index >= 15 is 0 Å². The predicted octanol–water partition coefficient (Wildman–Crippen LogP) is 9.19. The second kappa shape index (κ2) is 8.55. The van der Waals surface area contributed by atoms with Crippen LogP contribution >= 0.6 is 0 Å². The maximum atomic E-state index is 7.59. The number of aryl methyl sites for hydroxylation is 3. The summed E-state index contributed by atoms with van der Waals surface area (Å²) in [4.78, 5) is 3.84. The summed E-state index contributed by atoms with van der Waals surface area (Å²) in [7, 11) is 2.14. The molecule has 1 aromatic heterocycles. The Bertz CT molecular complexity index is 1880. The minimum absolute atomic E-state index is 0.231. The third-order valence-corrected chi connectivity index (χ3v) is 8.22. The Hall–Kier alpha value is -3.90. The average molecular weight is 514 g/mol. The number of benzene rings is 4. The van der Waals surface area contributed by atoms with E-state index in [1.54, 1.807) is 0 Å². The van der Waals surface area contributed by atoms with E-state index in [-0.39, 0.29) is 5.41 Å². The van der Waals surface area contributed by atoms with Crippen molar-refractivity contribution in [3.05, 3.63) is 88.4 Å². The SMILES string of the molecule is [C-]#[N+]C(C)(C)Cc1ccc2cc3c4c([n+](C)ccc4c2c1)-c1c(c(C)c2ccc(CC(C)(C)C)cc2c1C)O3. The normalized spacial score (nSPS) is 13.0. The summed E-state index contributed by atoms with van der Waals surface area (Å²) in [6.07, 6.45) is 3.95. The van der Waals surface area contributed by atoms with Crippen LogP contribution in [0.25, 0.3) is 48.4 Å². The van der Waals surface area contributed by atoms with Gasteiger partial charge in [-0.1, -0.05) is 57.2 Å². The number of rotatable bonds is 3. The van der Waals surface area contributed by atoms with Crippen molar-refractivity contribution in [2.45, 2.75) is 66.8 Å². The maximum Gasteiger partial charge on any atom is 0.231 e. The molecule has 0 saturated carbocycles. The number of fused-ring (bicyclic) bond motifs is 5. The summed E-state index contributed by atoms with van der Waals surface area (Å²) < 4.78 is 9.07. The molecule has 0 amide bonds. The van der Waals surface area contributed by atoms with E-state index in [2.05, 4.69) is 106 Å². The summed E-state index contributed by atoms with van der Waals surface area (Å²) >= 11 is 0. The zero-order valence-electron chi connectivity index (χ0n) is 24.4. The fourth-order valence-electron chi connectivity index (χ4n) is 6.42. The summed E-state index contributed by atoms with van der Waals surface area (Å²) in [6.45, 7) is 22.9. The molecule has 5 aromatic rings. The number of hydrogen-bond donors (Lipinski definition) is 0. The molecular formula is C36H37N2O+. The molecule has 0 unspecified atom stereocenters. The maximum absolute atomic E-state index is 7.59. The number of hydrogen-bond acceptors (Lipinski definition) is 1. The Morgan fingerprint density at radius 1 is 0.795 bits per heavy atom. The first kappa shape index (κ1) is 25.4. The minimum atomic E-state index is -0.421. The molecule has 6 rings (SSSR count). The molecule has 0 atom stereocenters. The number of ether oxygens (including phenoxy) is 1. The monoisotopic (exact) mass is 513 g/mol. The van der Waals surface area contributed by atoms with Gasteiger partial charge in [-0.3, -0.25) is 0 Å². The highest BCUT2D eigenvalue weighted by atomic mass is 16.5. The van der Waals surface area contributed by atoms with Gasteiger partial charge in [0.1, 0.15) is 18.5 Å². The van der Waals surface area contributed by atoms with Crippen LogP contribution in [0.15, 0.2) is 54.7 Å². The molecule has 0 bridgehead atoms. The van der Waals surface area contributed by atoms with Crippen molar-refractivity contribution in [3.8, 4) is 22.8 Å². The standard InChI is InChI=1S/C36H37N2O/c1-21-28-16-23(19-35(3,4)5)11-13-26(28)22(2)34-31(21)33-32-27(14-15-38(33)9)29-17-24(20-36(6,7)37-8)10-12-25(29)18-30(32)39-34/h10-18H,19-20H2,1-7,9H3/q+1. The van der Waals surface area contributed by atoms with Crippen molar-refractivity contribution >= 4 is 32.3 Å². The van der Waals surface area contributed by atoms with Crippen LogP contribution in [0.2, 0.25) is 0 Å². The molecule has 2 heterocycles. The molecule has 0 N–H and O–H groups in total. The van der Waals surface area contributed by atoms with Gasteiger partial charge in [-0.15, -0.1) is 0 Å². The largest absolute Gasteiger partial charge is 0.455 e. The summed E-state index contributed by atoms with van der Waals surface area (Å²) in [5.74, 6) is 1.88. The van der Waals surface area contributed by atoms with Gasteiger partial charge < -0.3 is 9.58 Å². The fraction of sp³-hybridized carbons (Fsp3) is 0.333. The van der Waals surface area contributed by atoms with Crippen LogP contribution in [-0.4, -0.2) is 5.54 Å². The number of pyridine rings is 1. The Kier molecular flexibility index (Phi) is 5.57. The highest BCUT2D eigenvalue weighted by molar-refractivity contribution is 6.16. The van der Waals surface area contributed by atoms with Gasteiger partial charge in [0.15, 0.2) is 6.20 Å². The average Bonchev–Trinajstić information content (AvgIpc) is 2.87. The molecule has 0 saturated heterocycles. The topological polar surface area (TPSA) is 17.5 Å². The second-order valence-electron chi connectivity index (χ2n) is 13.3.